The number of thioether (sulfide) groups is 2. The molecule has 2 N–H and O–H groups in total. The first-order valence-electron chi connectivity index (χ1n) is 8.77. The van der Waals surface area contributed by atoms with Crippen molar-refractivity contribution in [1.82, 2.24) is 38.2 Å². The number of hydrogen-bond donors (Lipinski definition) is 2. The summed E-state index contributed by atoms with van der Waals surface area (Å²) in [5.41, 5.74) is -0.521. The first kappa shape index (κ1) is 20.3. The highest BCUT2D eigenvalue weighted by molar-refractivity contribution is 8.02. The van der Waals surface area contributed by atoms with Gasteiger partial charge in [0.05, 0.1) is 0 Å². The summed E-state index contributed by atoms with van der Waals surface area (Å²) in [5.74, 6) is 1.26. The van der Waals surface area contributed by atoms with Gasteiger partial charge in [-0.3, -0.25) is 27.9 Å². The average molecular weight is 451 g/mol. The van der Waals surface area contributed by atoms with E-state index in [9.17, 15) is 19.2 Å². The first-order valence-corrected chi connectivity index (χ1v) is 10.7. The quantitative estimate of drug-likeness (QED) is 0.294. The average Bonchev–Trinajstić information content (AvgIpc) is 3.35. The normalized spacial score (nSPS) is 11.7. The van der Waals surface area contributed by atoms with Crippen LogP contribution in [0.3, 0.4) is 0 Å². The van der Waals surface area contributed by atoms with Gasteiger partial charge in [0.25, 0.3) is 11.1 Å². The van der Waals surface area contributed by atoms with Crippen molar-refractivity contribution in [3.63, 3.8) is 0 Å². The summed E-state index contributed by atoms with van der Waals surface area (Å²) in [7, 11) is 5.97. The predicted molar refractivity (Wildman–Crippen MR) is 115 cm³/mol. The third kappa shape index (κ3) is 3.11. The van der Waals surface area contributed by atoms with Crippen molar-refractivity contribution >= 4 is 45.9 Å². The maximum Gasteiger partial charge on any atom is 0.332 e. The molecular weight excluding hydrogens is 432 g/mol. The van der Waals surface area contributed by atoms with Crippen LogP contribution in [0, 0.1) is 0 Å². The molecule has 0 aliphatic rings. The number of nitrogens with one attached hydrogen (secondary N) is 2. The minimum Gasteiger partial charge on any atom is -0.327 e. The van der Waals surface area contributed by atoms with Gasteiger partial charge in [0.1, 0.15) is 0 Å². The summed E-state index contributed by atoms with van der Waals surface area (Å²) in [6.45, 7) is 0. The molecule has 4 rings (SSSR count). The molecule has 30 heavy (non-hydrogen) atoms. The number of rotatable bonds is 5. The van der Waals surface area contributed by atoms with E-state index in [2.05, 4.69) is 19.9 Å². The zero-order valence-corrected chi connectivity index (χ0v) is 18.2. The highest BCUT2D eigenvalue weighted by atomic mass is 32.2. The highest BCUT2D eigenvalue weighted by Crippen LogP contribution is 2.21. The number of hydrogen-bond acceptors (Lipinski definition) is 8. The van der Waals surface area contributed by atoms with Crippen LogP contribution in [0.5, 0.6) is 0 Å². The van der Waals surface area contributed by atoms with Crippen molar-refractivity contribution in [3.8, 4) is 0 Å². The van der Waals surface area contributed by atoms with Gasteiger partial charge in [-0.1, -0.05) is 23.5 Å². The lowest BCUT2D eigenvalue weighted by Gasteiger charge is -2.00. The molecule has 0 unspecified atom stereocenters. The lowest BCUT2D eigenvalue weighted by Crippen LogP contribution is -2.36. The van der Waals surface area contributed by atoms with Crippen molar-refractivity contribution in [2.75, 3.05) is 11.5 Å². The van der Waals surface area contributed by atoms with E-state index in [1.54, 1.807) is 14.1 Å². The molecule has 0 aromatic carbocycles. The number of imidazole rings is 2. The Morgan fingerprint density at radius 2 is 1.03 bits per heavy atom. The van der Waals surface area contributed by atoms with Gasteiger partial charge >= 0.3 is 11.4 Å². The zero-order valence-electron chi connectivity index (χ0n) is 16.5. The van der Waals surface area contributed by atoms with E-state index in [0.717, 1.165) is 9.13 Å². The van der Waals surface area contributed by atoms with Crippen LogP contribution in [0.15, 0.2) is 29.5 Å². The van der Waals surface area contributed by atoms with Gasteiger partial charge in [-0.15, -0.1) is 0 Å². The first-order chi connectivity index (χ1) is 14.2. The molecule has 0 fully saturated rings. The van der Waals surface area contributed by atoms with Gasteiger partial charge in [0.2, 0.25) is 0 Å². The molecule has 0 saturated carbocycles. The van der Waals surface area contributed by atoms with Crippen molar-refractivity contribution in [2.45, 2.75) is 10.3 Å². The Bertz CT molecular complexity index is 1420. The number of H-pyrrole nitrogens is 2. The van der Waals surface area contributed by atoms with E-state index in [1.165, 1.54) is 46.8 Å². The topological polar surface area (TPSA) is 145 Å². The lowest BCUT2D eigenvalue weighted by atomic mass is 10.5. The fourth-order valence-corrected chi connectivity index (χ4v) is 4.73. The molecule has 0 aliphatic carbocycles. The highest BCUT2D eigenvalue weighted by Gasteiger charge is 2.15. The molecule has 0 atom stereocenters. The number of nitrogens with zero attached hydrogens (tertiary/aromatic N) is 6. The Hall–Kier alpha value is -3.00. The second-order valence-electron chi connectivity index (χ2n) is 6.59. The van der Waals surface area contributed by atoms with Gasteiger partial charge in [0, 0.05) is 39.7 Å². The number of fused-ring (bicyclic) bond motifs is 2. The van der Waals surface area contributed by atoms with E-state index in [4.69, 9.17) is 0 Å². The van der Waals surface area contributed by atoms with Crippen LogP contribution in [-0.2, 0) is 28.2 Å². The molecule has 12 nitrogen and oxygen atoms in total. The molecule has 0 bridgehead atoms. The molecular formula is C16H18N8O4S2. The van der Waals surface area contributed by atoms with Crippen LogP contribution in [0.2, 0.25) is 0 Å². The van der Waals surface area contributed by atoms with Gasteiger partial charge in [-0.05, 0) is 0 Å². The molecule has 0 saturated heterocycles. The molecule has 4 aromatic rings. The molecule has 0 spiro atoms. The molecule has 0 radical (unpaired) electrons. The third-order valence-corrected chi connectivity index (χ3v) is 6.72. The Morgan fingerprint density at radius 3 is 1.40 bits per heavy atom. The van der Waals surface area contributed by atoms with E-state index in [-0.39, 0.29) is 11.0 Å². The zero-order chi connectivity index (χ0) is 21.7. The largest absolute Gasteiger partial charge is 0.332 e. The number of aromatic amines is 2. The Morgan fingerprint density at radius 1 is 0.667 bits per heavy atom. The van der Waals surface area contributed by atoms with Crippen LogP contribution in [0.1, 0.15) is 0 Å². The predicted octanol–water partition coefficient (Wildman–Crippen LogP) is -0.882. The van der Waals surface area contributed by atoms with Crippen LogP contribution in [-0.4, -0.2) is 49.7 Å². The summed E-state index contributed by atoms with van der Waals surface area (Å²) in [5, 5.41) is 1.06. The SMILES string of the molecule is Cn1c(=O)c2[nH]c(SCCSc3nc4c([nH]3)c(=O)n(C)c(=O)n4C)nc2n(C)c1=O. The summed E-state index contributed by atoms with van der Waals surface area (Å²) in [4.78, 5) is 63.0. The lowest BCUT2D eigenvalue weighted by molar-refractivity contribution is 0.708. The van der Waals surface area contributed by atoms with Crippen molar-refractivity contribution in [2.24, 2.45) is 28.2 Å². The molecule has 4 heterocycles. The Balaban J connectivity index is 1.50. The minimum absolute atomic E-state index is 0.281. The molecule has 0 amide bonds. The van der Waals surface area contributed by atoms with Crippen LogP contribution < -0.4 is 22.5 Å². The summed E-state index contributed by atoms with van der Waals surface area (Å²) >= 11 is 2.80. The second kappa shape index (κ2) is 7.36. The monoisotopic (exact) mass is 450 g/mol. The molecule has 14 heteroatoms. The second-order valence-corrected chi connectivity index (χ2v) is 8.76. The molecule has 4 aromatic heterocycles. The van der Waals surface area contributed by atoms with E-state index in [1.807, 2.05) is 0 Å². The van der Waals surface area contributed by atoms with E-state index >= 15 is 0 Å². The summed E-state index contributed by atoms with van der Waals surface area (Å²) in [6.07, 6.45) is 0. The van der Waals surface area contributed by atoms with Gasteiger partial charge in [-0.25, -0.2) is 19.6 Å². The smallest absolute Gasteiger partial charge is 0.327 e. The molecule has 158 valence electrons. The maximum atomic E-state index is 12.2. The van der Waals surface area contributed by atoms with Crippen LogP contribution >= 0.6 is 23.5 Å². The third-order valence-electron chi connectivity index (χ3n) is 4.71. The van der Waals surface area contributed by atoms with E-state index in [0.29, 0.717) is 33.1 Å². The number of aryl methyl sites for hydroxylation is 2. The minimum atomic E-state index is -0.434. The van der Waals surface area contributed by atoms with Crippen LogP contribution in [0.25, 0.3) is 22.3 Å². The Kier molecular flexibility index (Phi) is 4.97. The molecule has 0 aliphatic heterocycles. The number of aromatic nitrogens is 8. The van der Waals surface area contributed by atoms with Gasteiger partial charge < -0.3 is 9.97 Å². The van der Waals surface area contributed by atoms with Gasteiger partial charge in [0.15, 0.2) is 32.6 Å². The van der Waals surface area contributed by atoms with Crippen molar-refractivity contribution in [3.05, 3.63) is 41.7 Å². The summed E-state index contributed by atoms with van der Waals surface area (Å²) < 4.78 is 4.71. The van der Waals surface area contributed by atoms with Gasteiger partial charge in [-0.2, -0.15) is 0 Å². The fraction of sp³-hybridized carbons (Fsp3) is 0.375. The van der Waals surface area contributed by atoms with Crippen molar-refractivity contribution < 1.29 is 0 Å². The maximum absolute atomic E-state index is 12.2. The Labute approximate surface area is 176 Å². The van der Waals surface area contributed by atoms with E-state index < -0.39 is 22.5 Å². The van der Waals surface area contributed by atoms with Crippen LogP contribution in [0.4, 0.5) is 0 Å². The summed E-state index contributed by atoms with van der Waals surface area (Å²) in [6, 6.07) is 0. The fourth-order valence-electron chi connectivity index (χ4n) is 3.02. The standard InChI is InChI=1S/C16H18N8O4S2/c1-21-9-7(11(25)23(3)15(21)27)17-13(19-9)29-5-6-30-14-18-8-10(20-14)22(2)16(28)24(4)12(8)26/h5-6H2,1-4H3,(H,17,19)(H,18,20). The van der Waals surface area contributed by atoms with Crippen molar-refractivity contribution in [1.29, 1.82) is 0 Å².